The second-order valence-corrected chi connectivity index (χ2v) is 6.43. The van der Waals surface area contributed by atoms with Crippen LogP contribution in [0.25, 0.3) is 10.9 Å². The molecule has 0 aliphatic carbocycles. The summed E-state index contributed by atoms with van der Waals surface area (Å²) in [4.78, 5) is 19.5. The van der Waals surface area contributed by atoms with Crippen LogP contribution in [0.1, 0.15) is 19.8 Å². The van der Waals surface area contributed by atoms with Crippen LogP contribution < -0.4 is 0 Å². The maximum absolute atomic E-state index is 12.1. The summed E-state index contributed by atoms with van der Waals surface area (Å²) in [6.07, 6.45) is 2.43. The zero-order chi connectivity index (χ0) is 17.6. The Balaban J connectivity index is 0.00000243. The van der Waals surface area contributed by atoms with Crippen molar-refractivity contribution in [1.82, 2.24) is 14.8 Å². The maximum atomic E-state index is 12.1. The van der Waals surface area contributed by atoms with Gasteiger partial charge in [0.25, 0.3) is 5.91 Å². The fourth-order valence-corrected chi connectivity index (χ4v) is 3.10. The highest BCUT2D eigenvalue weighted by molar-refractivity contribution is 5.94. The molecule has 2 aromatic rings. The van der Waals surface area contributed by atoms with Gasteiger partial charge >= 0.3 is 0 Å². The molecule has 1 fully saturated rings. The van der Waals surface area contributed by atoms with E-state index >= 15 is 0 Å². The van der Waals surface area contributed by atoms with E-state index in [0.717, 1.165) is 43.6 Å². The highest BCUT2D eigenvalue weighted by atomic mass is 35.5. The van der Waals surface area contributed by atoms with E-state index < -0.39 is 0 Å². The van der Waals surface area contributed by atoms with Crippen LogP contribution in [0.5, 0.6) is 5.88 Å². The molecule has 3 rings (SSSR count). The van der Waals surface area contributed by atoms with E-state index in [4.69, 9.17) is 0 Å². The number of benzene rings is 1. The molecule has 1 aromatic carbocycles. The average Bonchev–Trinajstić information content (AvgIpc) is 2.94. The molecule has 1 amide bonds. The highest BCUT2D eigenvalue weighted by Gasteiger charge is 2.18. The van der Waals surface area contributed by atoms with Gasteiger partial charge in [0.05, 0.1) is 12.1 Å². The summed E-state index contributed by atoms with van der Waals surface area (Å²) in [6.45, 7) is 7.35. The first-order valence-corrected chi connectivity index (χ1v) is 8.86. The van der Waals surface area contributed by atoms with Crippen molar-refractivity contribution in [3.63, 3.8) is 0 Å². The Hall–Kier alpha value is -1.71. The number of halogens is 2. The van der Waals surface area contributed by atoms with E-state index in [1.165, 1.54) is 12.8 Å². The van der Waals surface area contributed by atoms with Gasteiger partial charge in [0.1, 0.15) is 0 Å². The van der Waals surface area contributed by atoms with Gasteiger partial charge in [-0.05, 0) is 19.0 Å². The third kappa shape index (κ3) is 6.72. The summed E-state index contributed by atoms with van der Waals surface area (Å²) < 4.78 is 0. The van der Waals surface area contributed by atoms with Crippen LogP contribution in [-0.4, -0.2) is 70.5 Å². The van der Waals surface area contributed by atoms with Crippen molar-refractivity contribution in [2.24, 2.45) is 10.2 Å². The van der Waals surface area contributed by atoms with Crippen molar-refractivity contribution in [3.8, 4) is 5.88 Å². The summed E-state index contributed by atoms with van der Waals surface area (Å²) >= 11 is 0. The number of piperazine rings is 1. The number of fused-ring (bicyclic) bond motifs is 1. The summed E-state index contributed by atoms with van der Waals surface area (Å²) in [5, 5.41) is 18.4. The monoisotopic (exact) mass is 433 g/mol. The highest BCUT2D eigenvalue weighted by Crippen LogP contribution is 2.35. The first-order valence-electron chi connectivity index (χ1n) is 8.86. The number of amides is 1. The number of hydrogen-bond acceptors (Lipinski definition) is 5. The van der Waals surface area contributed by atoms with Crippen LogP contribution >= 0.6 is 24.8 Å². The number of unbranched alkanes of at least 4 members (excludes halogenated alkanes) is 1. The minimum absolute atomic E-state index is 0. The van der Waals surface area contributed by atoms with Gasteiger partial charge in [-0.15, -0.1) is 35.0 Å². The van der Waals surface area contributed by atoms with Crippen molar-refractivity contribution in [2.75, 3.05) is 39.3 Å². The van der Waals surface area contributed by atoms with Crippen molar-refractivity contribution < 1.29 is 15.4 Å². The van der Waals surface area contributed by atoms with Crippen LogP contribution in [0.3, 0.4) is 0 Å². The summed E-state index contributed by atoms with van der Waals surface area (Å²) in [7, 11) is 0. The van der Waals surface area contributed by atoms with E-state index in [0.29, 0.717) is 5.69 Å². The number of rotatable bonds is 6. The first-order chi connectivity index (χ1) is 12.2. The van der Waals surface area contributed by atoms with Crippen LogP contribution in [0.2, 0.25) is 0 Å². The SMILES string of the molecule is CCCCN1CCN(CC(=O)N=Nc2c(O)[nH]c3ccccc23)CC1.Cl.Cl.O. The molecule has 158 valence electrons. The molecule has 1 aliphatic heterocycles. The van der Waals surface area contributed by atoms with E-state index in [1.54, 1.807) is 0 Å². The lowest BCUT2D eigenvalue weighted by Crippen LogP contribution is -2.47. The lowest BCUT2D eigenvalue weighted by atomic mass is 10.2. The number of nitrogens with zero attached hydrogens (tertiary/aromatic N) is 4. The Kier molecular flexibility index (Phi) is 11.9. The zero-order valence-electron chi connectivity index (χ0n) is 15.9. The summed E-state index contributed by atoms with van der Waals surface area (Å²) in [6, 6.07) is 7.40. The fraction of sp³-hybridized carbons (Fsp3) is 0.500. The van der Waals surface area contributed by atoms with Crippen LogP contribution in [0, 0.1) is 0 Å². The van der Waals surface area contributed by atoms with Crippen molar-refractivity contribution in [3.05, 3.63) is 24.3 Å². The lowest BCUT2D eigenvalue weighted by molar-refractivity contribution is -0.119. The van der Waals surface area contributed by atoms with Crippen LogP contribution in [-0.2, 0) is 4.79 Å². The Morgan fingerprint density at radius 3 is 2.46 bits per heavy atom. The fourth-order valence-electron chi connectivity index (χ4n) is 3.10. The summed E-state index contributed by atoms with van der Waals surface area (Å²) in [5.41, 5.74) is 1.08. The van der Waals surface area contributed by atoms with E-state index in [1.807, 2.05) is 24.3 Å². The Morgan fingerprint density at radius 2 is 1.79 bits per heavy atom. The zero-order valence-corrected chi connectivity index (χ0v) is 17.6. The Labute approximate surface area is 177 Å². The molecular weight excluding hydrogens is 405 g/mol. The van der Waals surface area contributed by atoms with Crippen LogP contribution in [0.15, 0.2) is 34.5 Å². The van der Waals surface area contributed by atoms with E-state index in [-0.39, 0.29) is 48.6 Å². The molecule has 1 saturated heterocycles. The van der Waals surface area contributed by atoms with E-state index in [2.05, 4.69) is 31.9 Å². The third-order valence-electron chi connectivity index (χ3n) is 4.57. The third-order valence-corrected chi connectivity index (χ3v) is 4.57. The number of aromatic amines is 1. The quantitative estimate of drug-likeness (QED) is 0.680. The van der Waals surface area contributed by atoms with Gasteiger partial charge in [-0.3, -0.25) is 9.69 Å². The average molecular weight is 434 g/mol. The molecule has 0 saturated carbocycles. The molecule has 10 heteroatoms. The molecule has 0 bridgehead atoms. The molecule has 0 unspecified atom stereocenters. The lowest BCUT2D eigenvalue weighted by Gasteiger charge is -2.33. The van der Waals surface area contributed by atoms with Gasteiger partial charge in [-0.25, -0.2) is 0 Å². The molecule has 0 atom stereocenters. The van der Waals surface area contributed by atoms with Gasteiger partial charge in [0.15, 0.2) is 5.69 Å². The predicted octanol–water partition coefficient (Wildman–Crippen LogP) is 2.92. The maximum Gasteiger partial charge on any atom is 0.278 e. The smallest absolute Gasteiger partial charge is 0.278 e. The van der Waals surface area contributed by atoms with Crippen LogP contribution in [0.4, 0.5) is 5.69 Å². The first kappa shape index (κ1) is 26.3. The largest absolute Gasteiger partial charge is 0.493 e. The second-order valence-electron chi connectivity index (χ2n) is 6.43. The molecule has 2 heterocycles. The number of hydrogen-bond donors (Lipinski definition) is 2. The standard InChI is InChI=1S/C18H25N5O2.2ClH.H2O/c1-2-3-8-22-9-11-23(12-10-22)13-16(24)20-21-17-14-6-4-5-7-15(14)19-18(17)25;;;/h4-7,19,25H,2-3,8-13H2,1H3;2*1H;1H2. The minimum atomic E-state index is -0.285. The van der Waals surface area contributed by atoms with Crippen molar-refractivity contribution >= 4 is 47.3 Å². The molecule has 0 spiro atoms. The molecule has 0 radical (unpaired) electrons. The number of carbonyl (C=O) groups excluding carboxylic acids is 1. The van der Waals surface area contributed by atoms with Crippen molar-refractivity contribution in [1.29, 1.82) is 0 Å². The van der Waals surface area contributed by atoms with Gasteiger partial charge in [0.2, 0.25) is 5.88 Å². The number of aromatic hydroxyl groups is 1. The summed E-state index contributed by atoms with van der Waals surface area (Å²) in [5.74, 6) is -0.353. The molecular formula is C18H29Cl2N5O3. The van der Waals surface area contributed by atoms with Gasteiger partial charge in [-0.2, -0.15) is 0 Å². The number of aromatic nitrogens is 1. The second kappa shape index (κ2) is 12.7. The molecule has 1 aliphatic rings. The molecule has 8 nitrogen and oxygen atoms in total. The van der Waals surface area contributed by atoms with Gasteiger partial charge in [-0.1, -0.05) is 31.5 Å². The molecule has 1 aromatic heterocycles. The minimum Gasteiger partial charge on any atom is -0.493 e. The topological polar surface area (TPSA) is 116 Å². The Morgan fingerprint density at radius 1 is 1.14 bits per heavy atom. The molecule has 4 N–H and O–H groups in total. The number of nitrogens with one attached hydrogen (secondary N) is 1. The van der Waals surface area contributed by atoms with Gasteiger partial charge in [0, 0.05) is 31.6 Å². The number of azo groups is 1. The number of carbonyl (C=O) groups is 1. The molecule has 28 heavy (non-hydrogen) atoms. The van der Waals surface area contributed by atoms with E-state index in [9.17, 15) is 9.90 Å². The Bertz CT molecular complexity index is 761. The normalized spacial score (nSPS) is 15.0. The number of para-hydroxylation sites is 1. The van der Waals surface area contributed by atoms with Crippen molar-refractivity contribution in [2.45, 2.75) is 19.8 Å². The predicted molar refractivity (Wildman–Crippen MR) is 115 cm³/mol. The van der Waals surface area contributed by atoms with Gasteiger partial charge < -0.3 is 20.5 Å². The number of H-pyrrole nitrogens is 1.